The summed E-state index contributed by atoms with van der Waals surface area (Å²) in [7, 11) is 0. The third kappa shape index (κ3) is 4.59. The molecule has 0 heterocycles. The second-order valence-electron chi connectivity index (χ2n) is 7.78. The highest BCUT2D eigenvalue weighted by atomic mass is 19.2. The van der Waals surface area contributed by atoms with Crippen LogP contribution in [0, 0.1) is 46.8 Å². The predicted octanol–water partition coefficient (Wildman–Crippen LogP) is 5.16. The molecule has 1 aliphatic carbocycles. The molecule has 27 heavy (non-hydrogen) atoms. The Morgan fingerprint density at radius 3 is 1.89 bits per heavy atom. The molecule has 2 rings (SSSR count). The van der Waals surface area contributed by atoms with Crippen LogP contribution in [0.25, 0.3) is 0 Å². The van der Waals surface area contributed by atoms with Crippen molar-refractivity contribution < 1.29 is 36.2 Å². The Morgan fingerprint density at radius 1 is 0.926 bits per heavy atom. The second kappa shape index (κ2) is 8.12. The molecule has 0 bridgehead atoms. The first-order chi connectivity index (χ1) is 12.5. The van der Waals surface area contributed by atoms with E-state index in [1.165, 1.54) is 0 Å². The highest BCUT2D eigenvalue weighted by molar-refractivity contribution is 5.76. The minimum Gasteiger partial charge on any atom is -0.420 e. The minimum atomic E-state index is -2.30. The zero-order chi connectivity index (χ0) is 20.5. The van der Waals surface area contributed by atoms with E-state index < -0.39 is 52.3 Å². The summed E-state index contributed by atoms with van der Waals surface area (Å²) in [6.07, 6.45) is 1.94. The Morgan fingerprint density at radius 2 is 1.41 bits per heavy atom. The van der Waals surface area contributed by atoms with Gasteiger partial charge in [0.05, 0.1) is 18.1 Å². The summed E-state index contributed by atoms with van der Waals surface area (Å²) in [6, 6.07) is 0. The molecular weight excluding hydrogens is 371 g/mol. The molecule has 0 N–H and O–H groups in total. The van der Waals surface area contributed by atoms with Gasteiger partial charge in [-0.25, -0.2) is 13.2 Å². The molecule has 1 aromatic rings. The Balaban J connectivity index is 2.27. The molecule has 1 saturated carbocycles. The van der Waals surface area contributed by atoms with E-state index in [1.807, 2.05) is 27.7 Å². The summed E-state index contributed by atoms with van der Waals surface area (Å²) < 4.78 is 77.8. The van der Waals surface area contributed by atoms with E-state index in [0.29, 0.717) is 19.3 Å². The van der Waals surface area contributed by atoms with E-state index in [0.717, 1.165) is 0 Å². The van der Waals surface area contributed by atoms with E-state index in [-0.39, 0.29) is 18.4 Å². The molecule has 1 aliphatic rings. The Bertz CT molecular complexity index is 685. The van der Waals surface area contributed by atoms with Crippen molar-refractivity contribution in [1.82, 2.24) is 0 Å². The molecule has 0 amide bonds. The van der Waals surface area contributed by atoms with Crippen LogP contribution in [-0.4, -0.2) is 18.2 Å². The fraction of sp³-hybridized carbons (Fsp3) is 0.632. The van der Waals surface area contributed by atoms with Crippen molar-refractivity contribution in [3.05, 3.63) is 29.1 Å². The lowest BCUT2D eigenvalue weighted by Crippen LogP contribution is -2.33. The average Bonchev–Trinajstić information content (AvgIpc) is 3.02. The number of hydrogen-bond acceptors (Lipinski definition) is 3. The van der Waals surface area contributed by atoms with Crippen molar-refractivity contribution in [2.75, 3.05) is 6.61 Å². The molecule has 3 atom stereocenters. The molecule has 1 fully saturated rings. The largest absolute Gasteiger partial charge is 0.420 e. The van der Waals surface area contributed by atoms with Crippen LogP contribution in [0.15, 0.2) is 0 Å². The van der Waals surface area contributed by atoms with Crippen LogP contribution in [-0.2, 0) is 9.53 Å². The molecule has 0 saturated heterocycles. The van der Waals surface area contributed by atoms with Gasteiger partial charge in [0.2, 0.25) is 34.8 Å². The number of carbonyl (C=O) groups excluding carboxylic acids is 1. The molecule has 0 aliphatic heterocycles. The van der Waals surface area contributed by atoms with Crippen LogP contribution in [0.1, 0.15) is 47.0 Å². The van der Waals surface area contributed by atoms with Crippen molar-refractivity contribution in [3.63, 3.8) is 0 Å². The van der Waals surface area contributed by atoms with E-state index in [9.17, 15) is 26.7 Å². The lowest BCUT2D eigenvalue weighted by molar-refractivity contribution is -0.144. The SMILES string of the molecule is CCC1CCC(COC(C)(C)C)C1C(=O)Oc1c(F)c(F)c(F)c(F)c1F. The Kier molecular flexibility index (Phi) is 6.50. The number of halogens is 5. The first-order valence-corrected chi connectivity index (χ1v) is 8.85. The van der Waals surface area contributed by atoms with E-state index in [4.69, 9.17) is 4.74 Å². The number of hydrogen-bond donors (Lipinski definition) is 0. The van der Waals surface area contributed by atoms with Crippen LogP contribution in [0.3, 0.4) is 0 Å². The van der Waals surface area contributed by atoms with Crippen molar-refractivity contribution in [2.24, 2.45) is 17.8 Å². The number of ether oxygens (including phenoxy) is 2. The molecule has 1 aromatic carbocycles. The summed E-state index contributed by atoms with van der Waals surface area (Å²) in [5.74, 6) is -14.6. The topological polar surface area (TPSA) is 35.5 Å². The Hall–Kier alpha value is -1.70. The maximum atomic E-state index is 13.8. The highest BCUT2D eigenvalue weighted by Crippen LogP contribution is 2.41. The highest BCUT2D eigenvalue weighted by Gasteiger charge is 2.43. The molecule has 152 valence electrons. The van der Waals surface area contributed by atoms with Gasteiger partial charge < -0.3 is 9.47 Å². The molecular formula is C19H23F5O3. The maximum absolute atomic E-state index is 13.8. The quantitative estimate of drug-likeness (QED) is 0.228. The lowest BCUT2D eigenvalue weighted by atomic mass is 9.88. The van der Waals surface area contributed by atoms with Gasteiger partial charge in [-0.05, 0) is 45.4 Å². The summed E-state index contributed by atoms with van der Waals surface area (Å²) in [4.78, 5) is 12.6. The summed E-state index contributed by atoms with van der Waals surface area (Å²) >= 11 is 0. The fourth-order valence-electron chi connectivity index (χ4n) is 3.40. The zero-order valence-corrected chi connectivity index (χ0v) is 15.7. The number of benzene rings is 1. The zero-order valence-electron chi connectivity index (χ0n) is 15.7. The first-order valence-electron chi connectivity index (χ1n) is 8.85. The van der Waals surface area contributed by atoms with Crippen LogP contribution in [0.4, 0.5) is 22.0 Å². The fourth-order valence-corrected chi connectivity index (χ4v) is 3.40. The van der Waals surface area contributed by atoms with Crippen LogP contribution in [0.2, 0.25) is 0 Å². The molecule has 3 nitrogen and oxygen atoms in total. The second-order valence-corrected chi connectivity index (χ2v) is 7.78. The van der Waals surface area contributed by atoms with E-state index in [2.05, 4.69) is 4.74 Å². The normalized spacial score (nSPS) is 22.9. The van der Waals surface area contributed by atoms with Gasteiger partial charge in [-0.1, -0.05) is 13.3 Å². The van der Waals surface area contributed by atoms with Gasteiger partial charge in [-0.15, -0.1) is 0 Å². The summed E-state index contributed by atoms with van der Waals surface area (Å²) in [5, 5.41) is 0. The van der Waals surface area contributed by atoms with Crippen molar-refractivity contribution in [3.8, 4) is 5.75 Å². The van der Waals surface area contributed by atoms with Crippen LogP contribution in [0.5, 0.6) is 5.75 Å². The van der Waals surface area contributed by atoms with Crippen LogP contribution >= 0.6 is 0 Å². The van der Waals surface area contributed by atoms with Gasteiger partial charge in [-0.3, -0.25) is 4.79 Å². The lowest BCUT2D eigenvalue weighted by Gasteiger charge is -2.26. The van der Waals surface area contributed by atoms with Crippen molar-refractivity contribution in [2.45, 2.75) is 52.6 Å². The molecule has 0 radical (unpaired) electrons. The summed E-state index contributed by atoms with van der Waals surface area (Å²) in [6.45, 7) is 7.64. The van der Waals surface area contributed by atoms with Gasteiger partial charge in [0, 0.05) is 0 Å². The molecule has 0 spiro atoms. The monoisotopic (exact) mass is 394 g/mol. The predicted molar refractivity (Wildman–Crippen MR) is 87.6 cm³/mol. The number of carbonyl (C=O) groups is 1. The van der Waals surface area contributed by atoms with Crippen LogP contribution < -0.4 is 4.74 Å². The third-order valence-electron chi connectivity index (χ3n) is 4.82. The molecule has 3 unspecified atom stereocenters. The Labute approximate surface area is 154 Å². The number of rotatable bonds is 5. The standard InChI is InChI=1S/C19H23F5O3/c1-5-9-6-7-10(8-26-19(2,3)4)11(9)18(25)27-17-15(23)13(21)12(20)14(22)16(17)24/h9-11H,5-8H2,1-4H3. The maximum Gasteiger partial charge on any atom is 0.315 e. The van der Waals surface area contributed by atoms with Gasteiger partial charge >= 0.3 is 5.97 Å². The van der Waals surface area contributed by atoms with Crippen molar-refractivity contribution in [1.29, 1.82) is 0 Å². The average molecular weight is 394 g/mol. The smallest absolute Gasteiger partial charge is 0.315 e. The van der Waals surface area contributed by atoms with Gasteiger partial charge in [0.1, 0.15) is 0 Å². The van der Waals surface area contributed by atoms with Crippen molar-refractivity contribution >= 4 is 5.97 Å². The van der Waals surface area contributed by atoms with Gasteiger partial charge in [0.15, 0.2) is 0 Å². The molecule has 8 heteroatoms. The van der Waals surface area contributed by atoms with E-state index >= 15 is 0 Å². The first kappa shape index (κ1) is 21.6. The molecule has 0 aromatic heterocycles. The van der Waals surface area contributed by atoms with Gasteiger partial charge in [-0.2, -0.15) is 8.78 Å². The van der Waals surface area contributed by atoms with Gasteiger partial charge in [0.25, 0.3) is 0 Å². The van der Waals surface area contributed by atoms with E-state index in [1.54, 1.807) is 0 Å². The number of esters is 1. The minimum absolute atomic E-state index is 0.118. The summed E-state index contributed by atoms with van der Waals surface area (Å²) in [5.41, 5.74) is -0.444. The third-order valence-corrected chi connectivity index (χ3v) is 4.82.